The molecule has 10 heteroatoms. The van der Waals surface area contributed by atoms with Crippen LogP contribution in [0, 0.1) is 0 Å². The molecule has 0 aromatic heterocycles. The number of hydrogen-bond donors (Lipinski definition) is 1. The summed E-state index contributed by atoms with van der Waals surface area (Å²) in [4.78, 5) is 10.2. The van der Waals surface area contributed by atoms with E-state index in [1.165, 1.54) is 5.56 Å². The fourth-order valence-corrected chi connectivity index (χ4v) is 2.25. The third-order valence-corrected chi connectivity index (χ3v) is 3.63. The van der Waals surface area contributed by atoms with Gasteiger partial charge in [-0.05, 0) is 48.9 Å². The van der Waals surface area contributed by atoms with Crippen LogP contribution in [0.5, 0.6) is 11.5 Å². The highest BCUT2D eigenvalue weighted by Crippen LogP contribution is 2.36. The van der Waals surface area contributed by atoms with Crippen molar-refractivity contribution in [3.05, 3.63) is 58.7 Å². The average molecular weight is 423 g/mol. The first-order valence-electron chi connectivity index (χ1n) is 8.11. The third-order valence-electron chi connectivity index (χ3n) is 3.63. The van der Waals surface area contributed by atoms with Crippen LogP contribution in [-0.4, -0.2) is 27.1 Å². The van der Waals surface area contributed by atoms with Crippen molar-refractivity contribution in [3.8, 4) is 11.5 Å². The zero-order valence-electron chi connectivity index (χ0n) is 15.5. The largest absolute Gasteiger partial charge is 0.493 e. The van der Waals surface area contributed by atoms with Gasteiger partial charge in [-0.2, -0.15) is 26.3 Å². The molecule has 29 heavy (non-hydrogen) atoms. The first kappa shape index (κ1) is 24.3. The van der Waals surface area contributed by atoms with Crippen molar-refractivity contribution in [2.24, 2.45) is 5.73 Å². The molecule has 0 saturated carbocycles. The van der Waals surface area contributed by atoms with Gasteiger partial charge in [-0.15, -0.1) is 0 Å². The Morgan fingerprint density at radius 3 is 1.76 bits per heavy atom. The second kappa shape index (κ2) is 10.1. The van der Waals surface area contributed by atoms with Crippen LogP contribution in [-0.2, 0) is 18.8 Å². The Morgan fingerprint density at radius 1 is 0.862 bits per heavy atom. The van der Waals surface area contributed by atoms with Gasteiger partial charge in [0.15, 0.2) is 11.5 Å². The summed E-state index contributed by atoms with van der Waals surface area (Å²) in [6, 6.07) is 6.53. The summed E-state index contributed by atoms with van der Waals surface area (Å²) in [6.07, 6.45) is -9.04. The number of rotatable bonds is 5. The monoisotopic (exact) mass is 423 g/mol. The van der Waals surface area contributed by atoms with Crippen LogP contribution in [0.3, 0.4) is 0 Å². The predicted octanol–water partition coefficient (Wildman–Crippen LogP) is 4.74. The van der Waals surface area contributed by atoms with Gasteiger partial charge in [0.2, 0.25) is 0 Å². The molecule has 0 saturated heterocycles. The van der Waals surface area contributed by atoms with E-state index in [-0.39, 0.29) is 12.4 Å². The van der Waals surface area contributed by atoms with Crippen LogP contribution in [0.2, 0.25) is 0 Å². The lowest BCUT2D eigenvalue weighted by molar-refractivity contribution is -0.143. The van der Waals surface area contributed by atoms with Crippen LogP contribution in [0.15, 0.2) is 36.4 Å². The van der Waals surface area contributed by atoms with E-state index in [2.05, 4.69) is 0 Å². The lowest BCUT2D eigenvalue weighted by Gasteiger charge is -2.12. The zero-order chi connectivity index (χ0) is 22.2. The van der Waals surface area contributed by atoms with Crippen LogP contribution in [0.4, 0.5) is 26.3 Å². The number of methoxy groups -OCH3 is 2. The Labute approximate surface area is 163 Å². The summed E-state index contributed by atoms with van der Waals surface area (Å²) >= 11 is 0. The number of ether oxygens (including phenoxy) is 2. The van der Waals surface area contributed by atoms with E-state index in [4.69, 9.17) is 15.2 Å². The second-order valence-electron chi connectivity index (χ2n) is 5.69. The molecule has 0 amide bonds. The highest BCUT2D eigenvalue weighted by atomic mass is 19.4. The van der Waals surface area contributed by atoms with Gasteiger partial charge in [-0.3, -0.25) is 4.79 Å². The highest BCUT2D eigenvalue weighted by molar-refractivity contribution is 5.75. The van der Waals surface area contributed by atoms with Crippen molar-refractivity contribution in [1.82, 2.24) is 0 Å². The third kappa shape index (κ3) is 7.30. The van der Waals surface area contributed by atoms with E-state index in [1.54, 1.807) is 14.2 Å². The van der Waals surface area contributed by atoms with Crippen LogP contribution in [0.25, 0.3) is 0 Å². The molecule has 0 aliphatic rings. The molecule has 2 aromatic carbocycles. The molecule has 0 spiro atoms. The molecule has 0 aliphatic carbocycles. The summed E-state index contributed by atoms with van der Waals surface area (Å²) < 4.78 is 83.4. The van der Waals surface area contributed by atoms with E-state index in [0.29, 0.717) is 18.7 Å². The van der Waals surface area contributed by atoms with Crippen LogP contribution < -0.4 is 15.2 Å². The van der Waals surface area contributed by atoms with Gasteiger partial charge in [0.05, 0.1) is 25.3 Å². The van der Waals surface area contributed by atoms with Gasteiger partial charge in [-0.1, -0.05) is 6.07 Å². The van der Waals surface area contributed by atoms with Gasteiger partial charge in [-0.25, -0.2) is 0 Å². The fraction of sp³-hybridized carbons (Fsp3) is 0.316. The molecular weight excluding hydrogens is 404 g/mol. The molecule has 0 atom stereocenters. The van der Waals surface area contributed by atoms with E-state index >= 15 is 0 Å². The summed E-state index contributed by atoms with van der Waals surface area (Å²) in [5, 5.41) is 0. The minimum atomic E-state index is -4.92. The Hall–Kier alpha value is -2.75. The number of carbonyl (C=O) groups is 1. The van der Waals surface area contributed by atoms with E-state index < -0.39 is 29.0 Å². The molecule has 0 fully saturated rings. The number of carbonyl (C=O) groups excluding carboxylic acids is 1. The molecule has 0 radical (unpaired) electrons. The van der Waals surface area contributed by atoms with Gasteiger partial charge in [0.25, 0.3) is 0 Å². The number of nitrogens with two attached hydrogens (primary N) is 1. The quantitative estimate of drug-likeness (QED) is 0.558. The molecule has 0 heterocycles. The summed E-state index contributed by atoms with van der Waals surface area (Å²) in [5.41, 5.74) is 2.96. The average Bonchev–Trinajstić information content (AvgIpc) is 2.66. The molecular formula is C19H19F6NO3. The smallest absolute Gasteiger partial charge is 0.416 e. The van der Waals surface area contributed by atoms with Crippen molar-refractivity contribution in [1.29, 1.82) is 0 Å². The van der Waals surface area contributed by atoms with Crippen molar-refractivity contribution >= 4 is 6.29 Å². The molecule has 0 aliphatic heterocycles. The number of aldehydes is 1. The first-order chi connectivity index (χ1) is 13.5. The Morgan fingerprint density at radius 2 is 1.38 bits per heavy atom. The van der Waals surface area contributed by atoms with E-state index in [0.717, 1.165) is 17.9 Å². The normalized spacial score (nSPS) is 11.3. The van der Waals surface area contributed by atoms with Gasteiger partial charge in [0.1, 0.15) is 6.29 Å². The van der Waals surface area contributed by atoms with E-state index in [1.807, 2.05) is 18.2 Å². The maximum Gasteiger partial charge on any atom is 0.416 e. The van der Waals surface area contributed by atoms with Crippen LogP contribution in [0.1, 0.15) is 27.0 Å². The summed E-state index contributed by atoms with van der Waals surface area (Å²) in [5.74, 6) is 1.51. The number of halogens is 6. The zero-order valence-corrected chi connectivity index (χ0v) is 15.5. The van der Waals surface area contributed by atoms with Crippen LogP contribution >= 0.6 is 0 Å². The predicted molar refractivity (Wildman–Crippen MR) is 94.1 cm³/mol. The molecule has 2 N–H and O–H groups in total. The maximum atomic E-state index is 12.2. The number of alkyl halides is 6. The molecule has 2 rings (SSSR count). The van der Waals surface area contributed by atoms with Crippen molar-refractivity contribution in [3.63, 3.8) is 0 Å². The minimum absolute atomic E-state index is 0.0347. The lowest BCUT2D eigenvalue weighted by atomic mass is 10.1. The Bertz CT molecular complexity index is 786. The maximum absolute atomic E-state index is 12.2. The van der Waals surface area contributed by atoms with Crippen molar-refractivity contribution in [2.75, 3.05) is 20.8 Å². The standard InChI is InChI=1S/C10H15NO2.C9H4F6O/c1-12-9-4-3-8(5-6-11)7-10(9)13-2;10-8(11,12)6-1-5(4-16)2-7(3-6)9(13,14)15/h3-4,7H,5-6,11H2,1-2H3;1-4H. The molecule has 160 valence electrons. The SMILES string of the molecule is COc1ccc(CCN)cc1OC.O=Cc1cc(C(F)(F)F)cc(C(F)(F)F)c1. The second-order valence-corrected chi connectivity index (χ2v) is 5.69. The number of benzene rings is 2. The number of hydrogen-bond acceptors (Lipinski definition) is 4. The molecule has 0 bridgehead atoms. The van der Waals surface area contributed by atoms with Gasteiger partial charge in [0, 0.05) is 5.56 Å². The molecule has 2 aromatic rings. The fourth-order valence-electron chi connectivity index (χ4n) is 2.25. The van der Waals surface area contributed by atoms with Gasteiger partial charge >= 0.3 is 12.4 Å². The van der Waals surface area contributed by atoms with E-state index in [9.17, 15) is 31.1 Å². The lowest BCUT2D eigenvalue weighted by Crippen LogP contribution is -2.11. The molecule has 0 unspecified atom stereocenters. The van der Waals surface area contributed by atoms with Crippen molar-refractivity contribution in [2.45, 2.75) is 18.8 Å². The Balaban J connectivity index is 0.000000296. The van der Waals surface area contributed by atoms with Crippen molar-refractivity contribution < 1.29 is 40.6 Å². The first-order valence-corrected chi connectivity index (χ1v) is 8.11. The summed E-state index contributed by atoms with van der Waals surface area (Å²) in [7, 11) is 3.25. The highest BCUT2D eigenvalue weighted by Gasteiger charge is 2.36. The Kier molecular flexibility index (Phi) is 8.50. The minimum Gasteiger partial charge on any atom is -0.493 e. The van der Waals surface area contributed by atoms with Gasteiger partial charge < -0.3 is 15.2 Å². The summed E-state index contributed by atoms with van der Waals surface area (Å²) in [6.45, 7) is 0.648. The molecule has 4 nitrogen and oxygen atoms in total. The topological polar surface area (TPSA) is 61.6 Å².